The minimum atomic E-state index is -0.884. The summed E-state index contributed by atoms with van der Waals surface area (Å²) in [5.74, 6) is 0.971. The van der Waals surface area contributed by atoms with Gasteiger partial charge in [0.2, 0.25) is 11.8 Å². The maximum atomic E-state index is 12.5. The summed E-state index contributed by atoms with van der Waals surface area (Å²) >= 11 is 0. The van der Waals surface area contributed by atoms with Crippen molar-refractivity contribution >= 4 is 11.8 Å². The maximum Gasteiger partial charge on any atom is 0.236 e. The molecule has 1 fully saturated rings. The molecule has 1 aromatic rings. The lowest BCUT2D eigenvalue weighted by Gasteiger charge is -2.24. The zero-order valence-electron chi connectivity index (χ0n) is 15.7. The predicted octanol–water partition coefficient (Wildman–Crippen LogP) is 2.06. The van der Waals surface area contributed by atoms with E-state index in [0.717, 1.165) is 5.56 Å². The van der Waals surface area contributed by atoms with Gasteiger partial charge < -0.3 is 20.1 Å². The lowest BCUT2D eigenvalue weighted by Crippen LogP contribution is -2.49. The van der Waals surface area contributed by atoms with Gasteiger partial charge in [0.05, 0.1) is 14.2 Å². The fourth-order valence-electron chi connectivity index (χ4n) is 2.67. The summed E-state index contributed by atoms with van der Waals surface area (Å²) in [7, 11) is 3.18. The summed E-state index contributed by atoms with van der Waals surface area (Å²) in [6, 6.07) is 5.67. The van der Waals surface area contributed by atoms with Crippen LogP contribution >= 0.6 is 0 Å². The minimum Gasteiger partial charge on any atom is -0.493 e. The van der Waals surface area contributed by atoms with E-state index >= 15 is 0 Å². The van der Waals surface area contributed by atoms with Gasteiger partial charge in [0, 0.05) is 12.1 Å². The number of nitrogens with one attached hydrogen (secondary N) is 2. The molecule has 0 heterocycles. The number of amides is 2. The Labute approximate surface area is 149 Å². The first-order valence-corrected chi connectivity index (χ1v) is 8.54. The van der Waals surface area contributed by atoms with Crippen LogP contribution in [0.1, 0.15) is 39.2 Å². The molecule has 25 heavy (non-hydrogen) atoms. The number of hydrogen-bond acceptors (Lipinski definition) is 4. The van der Waals surface area contributed by atoms with E-state index in [1.165, 1.54) is 0 Å². The van der Waals surface area contributed by atoms with Crippen molar-refractivity contribution in [1.82, 2.24) is 10.6 Å². The highest BCUT2D eigenvalue weighted by atomic mass is 16.5. The Kier molecular flexibility index (Phi) is 5.60. The third-order valence-electron chi connectivity index (χ3n) is 4.26. The number of ether oxygens (including phenoxy) is 2. The van der Waals surface area contributed by atoms with Crippen LogP contribution in [0.15, 0.2) is 18.2 Å². The second kappa shape index (κ2) is 7.33. The van der Waals surface area contributed by atoms with Crippen LogP contribution in [0.2, 0.25) is 0 Å². The average Bonchev–Trinajstić information content (AvgIpc) is 3.35. The van der Waals surface area contributed by atoms with E-state index in [1.807, 2.05) is 39.0 Å². The maximum absolute atomic E-state index is 12.5. The molecule has 0 bridgehead atoms. The molecule has 1 aromatic carbocycles. The Morgan fingerprint density at radius 3 is 2.24 bits per heavy atom. The first kappa shape index (κ1) is 19.1. The van der Waals surface area contributed by atoms with Crippen molar-refractivity contribution in [2.75, 3.05) is 20.8 Å². The Hall–Kier alpha value is -2.24. The molecule has 1 saturated carbocycles. The molecular formula is C19H28N2O4. The molecule has 2 N–H and O–H groups in total. The van der Waals surface area contributed by atoms with Crippen molar-refractivity contribution in [3.05, 3.63) is 23.8 Å². The third-order valence-corrected chi connectivity index (χ3v) is 4.26. The molecule has 1 aliphatic carbocycles. The van der Waals surface area contributed by atoms with E-state index in [-0.39, 0.29) is 17.4 Å². The lowest BCUT2D eigenvalue weighted by atomic mass is 10.0. The standard InChI is InChI=1S/C19H28N2O4/c1-18(2,3)21-17(23)19(9-10-19)16(22)20-11-8-13-6-7-14(24-4)15(12-13)25-5/h6-7,12H,8-11H2,1-5H3,(H,20,22)(H,21,23). The van der Waals surface area contributed by atoms with Gasteiger partial charge in [-0.1, -0.05) is 6.07 Å². The molecule has 0 saturated heterocycles. The normalized spacial score (nSPS) is 15.2. The molecule has 0 aromatic heterocycles. The van der Waals surface area contributed by atoms with Gasteiger partial charge in [0.25, 0.3) is 0 Å². The number of benzene rings is 1. The van der Waals surface area contributed by atoms with Crippen molar-refractivity contribution < 1.29 is 19.1 Å². The Bertz CT molecular complexity index is 645. The van der Waals surface area contributed by atoms with Crippen LogP contribution in [0.3, 0.4) is 0 Å². The number of hydrogen-bond donors (Lipinski definition) is 2. The van der Waals surface area contributed by atoms with Crippen LogP contribution in [0.5, 0.6) is 11.5 Å². The second-order valence-corrected chi connectivity index (χ2v) is 7.48. The molecule has 1 aliphatic rings. The van der Waals surface area contributed by atoms with E-state index in [9.17, 15) is 9.59 Å². The number of rotatable bonds is 7. The molecule has 0 radical (unpaired) electrons. The predicted molar refractivity (Wildman–Crippen MR) is 95.8 cm³/mol. The molecule has 0 aliphatic heterocycles. The van der Waals surface area contributed by atoms with Crippen molar-refractivity contribution in [1.29, 1.82) is 0 Å². The van der Waals surface area contributed by atoms with Gasteiger partial charge in [0.1, 0.15) is 5.41 Å². The van der Waals surface area contributed by atoms with Gasteiger partial charge in [-0.3, -0.25) is 9.59 Å². The summed E-state index contributed by atoms with van der Waals surface area (Å²) in [5, 5.41) is 5.80. The molecule has 0 atom stereocenters. The largest absolute Gasteiger partial charge is 0.493 e. The first-order chi connectivity index (χ1) is 11.7. The van der Waals surface area contributed by atoms with E-state index in [2.05, 4.69) is 10.6 Å². The quantitative estimate of drug-likeness (QED) is 0.740. The summed E-state index contributed by atoms with van der Waals surface area (Å²) < 4.78 is 10.5. The van der Waals surface area contributed by atoms with E-state index < -0.39 is 5.41 Å². The van der Waals surface area contributed by atoms with Crippen molar-refractivity contribution in [3.63, 3.8) is 0 Å². The highest BCUT2D eigenvalue weighted by Gasteiger charge is 2.56. The van der Waals surface area contributed by atoms with Gasteiger partial charge in [-0.05, 0) is 57.7 Å². The topological polar surface area (TPSA) is 76.7 Å². The van der Waals surface area contributed by atoms with Crippen LogP contribution in [0, 0.1) is 5.41 Å². The van der Waals surface area contributed by atoms with Gasteiger partial charge in [-0.25, -0.2) is 0 Å². The number of methoxy groups -OCH3 is 2. The lowest BCUT2D eigenvalue weighted by molar-refractivity contribution is -0.138. The minimum absolute atomic E-state index is 0.177. The smallest absolute Gasteiger partial charge is 0.236 e. The zero-order chi connectivity index (χ0) is 18.7. The van der Waals surface area contributed by atoms with Crippen LogP contribution in [0.4, 0.5) is 0 Å². The van der Waals surface area contributed by atoms with Gasteiger partial charge >= 0.3 is 0 Å². The molecule has 138 valence electrons. The number of carbonyl (C=O) groups is 2. The van der Waals surface area contributed by atoms with Crippen LogP contribution in [0.25, 0.3) is 0 Å². The van der Waals surface area contributed by atoms with E-state index in [1.54, 1.807) is 14.2 Å². The molecular weight excluding hydrogens is 320 g/mol. The fraction of sp³-hybridized carbons (Fsp3) is 0.579. The third kappa shape index (κ3) is 4.65. The fourth-order valence-corrected chi connectivity index (χ4v) is 2.67. The van der Waals surface area contributed by atoms with Crippen molar-refractivity contribution in [2.24, 2.45) is 5.41 Å². The molecule has 6 heteroatoms. The molecule has 6 nitrogen and oxygen atoms in total. The second-order valence-electron chi connectivity index (χ2n) is 7.48. The monoisotopic (exact) mass is 348 g/mol. The Morgan fingerprint density at radius 1 is 1.08 bits per heavy atom. The highest BCUT2D eigenvalue weighted by molar-refractivity contribution is 6.08. The van der Waals surface area contributed by atoms with E-state index in [4.69, 9.17) is 9.47 Å². The van der Waals surface area contributed by atoms with E-state index in [0.29, 0.717) is 37.3 Å². The highest BCUT2D eigenvalue weighted by Crippen LogP contribution is 2.46. The van der Waals surface area contributed by atoms with Crippen LogP contribution in [-0.2, 0) is 16.0 Å². The molecule has 2 rings (SSSR count). The molecule has 0 spiro atoms. The first-order valence-electron chi connectivity index (χ1n) is 8.54. The van der Waals surface area contributed by atoms with Gasteiger partial charge in [0.15, 0.2) is 11.5 Å². The Morgan fingerprint density at radius 2 is 1.72 bits per heavy atom. The summed E-state index contributed by atoms with van der Waals surface area (Å²) in [6.45, 7) is 6.21. The molecule has 2 amide bonds. The zero-order valence-corrected chi connectivity index (χ0v) is 15.7. The van der Waals surface area contributed by atoms with Crippen molar-refractivity contribution in [2.45, 2.75) is 45.6 Å². The Balaban J connectivity index is 1.89. The SMILES string of the molecule is COc1ccc(CCNC(=O)C2(C(=O)NC(C)(C)C)CC2)cc1OC. The van der Waals surface area contributed by atoms with Gasteiger partial charge in [-0.2, -0.15) is 0 Å². The van der Waals surface area contributed by atoms with Gasteiger partial charge in [-0.15, -0.1) is 0 Å². The van der Waals surface area contributed by atoms with Crippen LogP contribution < -0.4 is 20.1 Å². The van der Waals surface area contributed by atoms with Crippen molar-refractivity contribution in [3.8, 4) is 11.5 Å². The summed E-state index contributed by atoms with van der Waals surface area (Å²) in [4.78, 5) is 24.8. The summed E-state index contributed by atoms with van der Waals surface area (Å²) in [6.07, 6.45) is 1.87. The summed E-state index contributed by atoms with van der Waals surface area (Å²) in [5.41, 5.74) is -0.195. The van der Waals surface area contributed by atoms with Crippen LogP contribution in [-0.4, -0.2) is 38.1 Å². The average molecular weight is 348 g/mol. The molecule has 0 unspecified atom stereocenters. The number of carbonyl (C=O) groups excluding carboxylic acids is 2.